The maximum absolute atomic E-state index is 13.4. The molecular formula is C20H24N2O3S. The van der Waals surface area contributed by atoms with Crippen molar-refractivity contribution in [1.82, 2.24) is 8.96 Å². The summed E-state index contributed by atoms with van der Waals surface area (Å²) < 4.78 is 33.5. The van der Waals surface area contributed by atoms with Gasteiger partial charge in [-0.2, -0.15) is 0 Å². The Hall–Kier alpha value is -2.34. The molecule has 0 saturated carbocycles. The van der Waals surface area contributed by atoms with Crippen LogP contribution in [-0.4, -0.2) is 24.5 Å². The number of aryl methyl sites for hydroxylation is 3. The summed E-state index contributed by atoms with van der Waals surface area (Å²) in [5.41, 5.74) is 5.33. The zero-order valence-electron chi connectivity index (χ0n) is 16.0. The average molecular weight is 372 g/mol. The molecule has 0 spiro atoms. The van der Waals surface area contributed by atoms with E-state index in [1.807, 2.05) is 46.8 Å². The first-order valence-electron chi connectivity index (χ1n) is 8.55. The first kappa shape index (κ1) is 18.5. The Morgan fingerprint density at radius 3 is 2.27 bits per heavy atom. The fraction of sp³-hybridized carbons (Fsp3) is 0.350. The van der Waals surface area contributed by atoms with Crippen LogP contribution in [0.25, 0.3) is 11.0 Å². The van der Waals surface area contributed by atoms with E-state index < -0.39 is 10.0 Å². The van der Waals surface area contributed by atoms with Crippen molar-refractivity contribution < 1.29 is 13.2 Å². The third-order valence-electron chi connectivity index (χ3n) is 4.84. The molecule has 0 amide bonds. The van der Waals surface area contributed by atoms with E-state index in [9.17, 15) is 8.42 Å². The van der Waals surface area contributed by atoms with E-state index in [4.69, 9.17) is 4.74 Å². The maximum Gasteiger partial charge on any atom is 0.273 e. The first-order chi connectivity index (χ1) is 12.2. The van der Waals surface area contributed by atoms with Gasteiger partial charge in [-0.25, -0.2) is 17.4 Å². The average Bonchev–Trinajstić information content (AvgIpc) is 2.97. The minimum atomic E-state index is -3.84. The molecule has 2 aromatic carbocycles. The van der Waals surface area contributed by atoms with Gasteiger partial charge in [0.2, 0.25) is 0 Å². The van der Waals surface area contributed by atoms with Crippen molar-refractivity contribution in [3.05, 3.63) is 52.8 Å². The van der Waals surface area contributed by atoms with E-state index in [0.717, 1.165) is 22.3 Å². The van der Waals surface area contributed by atoms with Crippen molar-refractivity contribution in [2.24, 2.45) is 0 Å². The molecule has 0 N–H and O–H groups in total. The van der Waals surface area contributed by atoms with Gasteiger partial charge in [0.1, 0.15) is 17.0 Å². The highest BCUT2D eigenvalue weighted by atomic mass is 32.2. The monoisotopic (exact) mass is 372 g/mol. The second-order valence-corrected chi connectivity index (χ2v) is 8.77. The molecule has 0 aliphatic carbocycles. The van der Waals surface area contributed by atoms with Crippen LogP contribution in [-0.2, 0) is 10.0 Å². The topological polar surface area (TPSA) is 61.2 Å². The van der Waals surface area contributed by atoms with Crippen LogP contribution in [0.3, 0.4) is 0 Å². The Bertz CT molecular complexity index is 1100. The van der Waals surface area contributed by atoms with Gasteiger partial charge in [0.15, 0.2) is 0 Å². The smallest absolute Gasteiger partial charge is 0.273 e. The van der Waals surface area contributed by atoms with Crippen molar-refractivity contribution >= 4 is 21.1 Å². The summed E-state index contributed by atoms with van der Waals surface area (Å²) in [4.78, 5) is 4.45. The summed E-state index contributed by atoms with van der Waals surface area (Å²) in [5.74, 6) is 0.553. The minimum absolute atomic E-state index is 0.159. The summed E-state index contributed by atoms with van der Waals surface area (Å²) in [6.45, 7) is 10.0. The van der Waals surface area contributed by atoms with Gasteiger partial charge < -0.3 is 4.74 Å². The molecule has 0 fully saturated rings. The summed E-state index contributed by atoms with van der Waals surface area (Å²) in [6, 6.07) is 7.28. The molecule has 3 aromatic rings. The van der Waals surface area contributed by atoms with Crippen LogP contribution in [0.15, 0.2) is 35.5 Å². The molecule has 0 atom stereocenters. The Morgan fingerprint density at radius 1 is 1.00 bits per heavy atom. The van der Waals surface area contributed by atoms with E-state index in [1.165, 1.54) is 17.4 Å². The van der Waals surface area contributed by atoms with Gasteiger partial charge in [-0.15, -0.1) is 0 Å². The molecule has 5 nitrogen and oxygen atoms in total. The summed E-state index contributed by atoms with van der Waals surface area (Å²) in [7, 11) is -2.35. The summed E-state index contributed by atoms with van der Waals surface area (Å²) in [5, 5.41) is 0. The van der Waals surface area contributed by atoms with E-state index in [0.29, 0.717) is 16.8 Å². The van der Waals surface area contributed by atoms with E-state index >= 15 is 0 Å². The fourth-order valence-corrected chi connectivity index (χ4v) is 4.66. The van der Waals surface area contributed by atoms with Gasteiger partial charge in [-0.1, -0.05) is 13.8 Å². The molecular weight excluding hydrogens is 348 g/mol. The molecule has 26 heavy (non-hydrogen) atoms. The number of methoxy groups -OCH3 is 1. The largest absolute Gasteiger partial charge is 0.495 e. The van der Waals surface area contributed by atoms with Crippen LogP contribution in [0, 0.1) is 20.8 Å². The molecule has 0 bridgehead atoms. The van der Waals surface area contributed by atoms with Gasteiger partial charge in [-0.3, -0.25) is 0 Å². The van der Waals surface area contributed by atoms with E-state index in [-0.39, 0.29) is 10.8 Å². The first-order valence-corrected chi connectivity index (χ1v) is 9.99. The lowest BCUT2D eigenvalue weighted by Gasteiger charge is -2.17. The lowest BCUT2D eigenvalue weighted by Crippen LogP contribution is -2.14. The van der Waals surface area contributed by atoms with Gasteiger partial charge in [0.05, 0.1) is 18.1 Å². The highest BCUT2D eigenvalue weighted by Gasteiger charge is 2.26. The lowest BCUT2D eigenvalue weighted by atomic mass is 9.98. The minimum Gasteiger partial charge on any atom is -0.495 e. The number of fused-ring (bicyclic) bond motifs is 1. The van der Waals surface area contributed by atoms with Crippen LogP contribution in [0.5, 0.6) is 5.75 Å². The third-order valence-corrected chi connectivity index (χ3v) is 6.52. The second kappa shape index (κ2) is 6.43. The second-order valence-electron chi connectivity index (χ2n) is 6.98. The molecule has 1 aromatic heterocycles. The zero-order chi connectivity index (χ0) is 19.2. The van der Waals surface area contributed by atoms with Crippen molar-refractivity contribution in [3.63, 3.8) is 0 Å². The number of aromatic nitrogens is 2. The molecule has 3 rings (SSSR count). The number of imidazole rings is 1. The van der Waals surface area contributed by atoms with Crippen molar-refractivity contribution in [2.75, 3.05) is 7.11 Å². The summed E-state index contributed by atoms with van der Waals surface area (Å²) >= 11 is 0. The number of benzene rings is 2. The van der Waals surface area contributed by atoms with Crippen molar-refractivity contribution in [1.29, 1.82) is 0 Å². The van der Waals surface area contributed by atoms with Gasteiger partial charge in [-0.05, 0) is 73.2 Å². The quantitative estimate of drug-likeness (QED) is 0.684. The zero-order valence-corrected chi connectivity index (χ0v) is 16.8. The number of ether oxygens (including phenoxy) is 1. The standard InChI is InChI=1S/C20H24N2O3S/c1-12(2)16-10-20(19(25-6)9-15(16)5)26(23,24)22-11-21-17-7-13(3)14(4)8-18(17)22/h7-12H,1-6H3. The number of nitrogens with zero attached hydrogens (tertiary/aromatic N) is 2. The van der Waals surface area contributed by atoms with Crippen LogP contribution < -0.4 is 4.74 Å². The predicted octanol–water partition coefficient (Wildman–Crippen LogP) is 4.33. The SMILES string of the molecule is COc1cc(C)c(C(C)C)cc1S(=O)(=O)n1cnc2cc(C)c(C)cc21. The van der Waals surface area contributed by atoms with Gasteiger partial charge in [0.25, 0.3) is 10.0 Å². The summed E-state index contributed by atoms with van der Waals surface area (Å²) in [6.07, 6.45) is 1.37. The number of rotatable bonds is 4. The molecule has 0 radical (unpaired) electrons. The molecule has 0 unspecified atom stereocenters. The molecule has 138 valence electrons. The molecule has 0 aliphatic rings. The van der Waals surface area contributed by atoms with Gasteiger partial charge >= 0.3 is 0 Å². The molecule has 6 heteroatoms. The highest BCUT2D eigenvalue weighted by Crippen LogP contribution is 2.33. The predicted molar refractivity (Wildman–Crippen MR) is 104 cm³/mol. The lowest BCUT2D eigenvalue weighted by molar-refractivity contribution is 0.401. The van der Waals surface area contributed by atoms with Crippen molar-refractivity contribution in [3.8, 4) is 5.75 Å². The molecule has 0 saturated heterocycles. The normalized spacial score (nSPS) is 12.1. The Balaban J connectivity index is 2.30. The van der Waals surface area contributed by atoms with E-state index in [2.05, 4.69) is 4.98 Å². The highest BCUT2D eigenvalue weighted by molar-refractivity contribution is 7.90. The van der Waals surface area contributed by atoms with Crippen molar-refractivity contribution in [2.45, 2.75) is 45.4 Å². The fourth-order valence-electron chi connectivity index (χ4n) is 3.20. The molecule has 0 aliphatic heterocycles. The van der Waals surface area contributed by atoms with Gasteiger partial charge in [0, 0.05) is 0 Å². The van der Waals surface area contributed by atoms with Crippen LogP contribution >= 0.6 is 0 Å². The van der Waals surface area contributed by atoms with Crippen LogP contribution in [0.1, 0.15) is 42.0 Å². The maximum atomic E-state index is 13.4. The van der Waals surface area contributed by atoms with Crippen LogP contribution in [0.4, 0.5) is 0 Å². The van der Waals surface area contributed by atoms with Crippen LogP contribution in [0.2, 0.25) is 0 Å². The Labute approximate surface area is 154 Å². The number of hydrogen-bond acceptors (Lipinski definition) is 4. The molecule has 1 heterocycles. The number of hydrogen-bond donors (Lipinski definition) is 0. The Kier molecular flexibility index (Phi) is 4.56. The van der Waals surface area contributed by atoms with E-state index in [1.54, 1.807) is 12.1 Å². The Morgan fingerprint density at radius 2 is 1.65 bits per heavy atom. The third kappa shape index (κ3) is 2.88.